The SMILES string of the molecule is O=C(NC1CCCCC1)c1ccc2nc(C(=O)NCC(O)CN3CCc4ccccc4C3)cn2c1. The van der Waals surface area contributed by atoms with Gasteiger partial charge in [0.15, 0.2) is 0 Å². The molecular formula is C27H33N5O3. The van der Waals surface area contributed by atoms with Crippen LogP contribution < -0.4 is 10.6 Å². The van der Waals surface area contributed by atoms with Crippen LogP contribution in [-0.2, 0) is 13.0 Å². The first-order valence-electron chi connectivity index (χ1n) is 12.6. The van der Waals surface area contributed by atoms with Gasteiger partial charge in [-0.2, -0.15) is 0 Å². The third-order valence-electron chi connectivity index (χ3n) is 7.06. The molecule has 2 aliphatic rings. The molecule has 0 spiro atoms. The average molecular weight is 476 g/mol. The molecule has 5 rings (SSSR count). The zero-order valence-electron chi connectivity index (χ0n) is 19.9. The maximum atomic E-state index is 12.7. The molecule has 3 heterocycles. The predicted molar refractivity (Wildman–Crippen MR) is 133 cm³/mol. The number of carbonyl (C=O) groups excluding carboxylic acids is 2. The van der Waals surface area contributed by atoms with Gasteiger partial charge in [-0.05, 0) is 42.5 Å². The van der Waals surface area contributed by atoms with E-state index in [1.165, 1.54) is 17.5 Å². The molecule has 1 unspecified atom stereocenters. The molecule has 8 heteroatoms. The van der Waals surface area contributed by atoms with Crippen LogP contribution in [0.5, 0.6) is 0 Å². The number of amides is 2. The Kier molecular flexibility index (Phi) is 7.11. The van der Waals surface area contributed by atoms with Gasteiger partial charge in [0.2, 0.25) is 0 Å². The van der Waals surface area contributed by atoms with Crippen LogP contribution in [0.1, 0.15) is 64.1 Å². The van der Waals surface area contributed by atoms with Gasteiger partial charge in [-0.3, -0.25) is 14.5 Å². The number of imidazole rings is 1. The van der Waals surface area contributed by atoms with Crippen LogP contribution in [0.25, 0.3) is 5.65 Å². The zero-order valence-corrected chi connectivity index (χ0v) is 19.9. The number of benzene rings is 1. The van der Waals surface area contributed by atoms with Crippen molar-refractivity contribution >= 4 is 17.5 Å². The summed E-state index contributed by atoms with van der Waals surface area (Å²) in [5.41, 5.74) is 4.07. The molecule has 2 amide bonds. The van der Waals surface area contributed by atoms with Gasteiger partial charge in [0.05, 0.1) is 11.7 Å². The van der Waals surface area contributed by atoms with E-state index in [2.05, 4.69) is 38.7 Å². The number of nitrogens with zero attached hydrogens (tertiary/aromatic N) is 3. The second kappa shape index (κ2) is 10.6. The minimum absolute atomic E-state index is 0.0954. The summed E-state index contributed by atoms with van der Waals surface area (Å²) < 4.78 is 1.70. The number of aliphatic hydroxyl groups is 1. The second-order valence-electron chi connectivity index (χ2n) is 9.74. The summed E-state index contributed by atoms with van der Waals surface area (Å²) in [6.45, 7) is 2.36. The quantitative estimate of drug-likeness (QED) is 0.488. The lowest BCUT2D eigenvalue weighted by molar-refractivity contribution is 0.0838. The number of β-amino-alcohol motifs (C(OH)–C–C–N with tert-alkyl or cyclic N) is 1. The number of hydrogen-bond donors (Lipinski definition) is 3. The van der Waals surface area contributed by atoms with Crippen molar-refractivity contribution in [1.82, 2.24) is 24.9 Å². The second-order valence-corrected chi connectivity index (χ2v) is 9.74. The van der Waals surface area contributed by atoms with Crippen molar-refractivity contribution in [2.75, 3.05) is 19.6 Å². The lowest BCUT2D eigenvalue weighted by Gasteiger charge is -2.30. The highest BCUT2D eigenvalue weighted by Gasteiger charge is 2.20. The molecular weight excluding hydrogens is 442 g/mol. The largest absolute Gasteiger partial charge is 0.390 e. The predicted octanol–water partition coefficient (Wildman–Crippen LogP) is 2.55. The molecule has 1 atom stereocenters. The first kappa shape index (κ1) is 23.5. The summed E-state index contributed by atoms with van der Waals surface area (Å²) in [7, 11) is 0. The number of carbonyl (C=O) groups is 2. The molecule has 1 aliphatic heterocycles. The van der Waals surface area contributed by atoms with Crippen LogP contribution in [0.2, 0.25) is 0 Å². The van der Waals surface area contributed by atoms with E-state index in [-0.39, 0.29) is 30.1 Å². The maximum Gasteiger partial charge on any atom is 0.271 e. The fourth-order valence-electron chi connectivity index (χ4n) is 5.12. The Balaban J connectivity index is 1.14. The van der Waals surface area contributed by atoms with E-state index < -0.39 is 6.10 Å². The third-order valence-corrected chi connectivity index (χ3v) is 7.06. The third kappa shape index (κ3) is 5.71. The van der Waals surface area contributed by atoms with Gasteiger partial charge in [-0.1, -0.05) is 43.5 Å². The van der Waals surface area contributed by atoms with Crippen LogP contribution >= 0.6 is 0 Å². The Bertz CT molecular complexity index is 1200. The first-order chi connectivity index (χ1) is 17.0. The molecule has 0 saturated heterocycles. The van der Waals surface area contributed by atoms with Gasteiger partial charge in [0.25, 0.3) is 11.8 Å². The van der Waals surface area contributed by atoms with Gasteiger partial charge < -0.3 is 20.1 Å². The molecule has 35 heavy (non-hydrogen) atoms. The van der Waals surface area contributed by atoms with Crippen molar-refractivity contribution in [2.45, 2.75) is 57.2 Å². The molecule has 0 radical (unpaired) electrons. The number of nitrogens with one attached hydrogen (secondary N) is 2. The highest BCUT2D eigenvalue weighted by molar-refractivity contribution is 5.95. The Hall–Kier alpha value is -3.23. The van der Waals surface area contributed by atoms with E-state index in [9.17, 15) is 14.7 Å². The van der Waals surface area contributed by atoms with Crippen molar-refractivity contribution in [1.29, 1.82) is 0 Å². The van der Waals surface area contributed by atoms with Gasteiger partial charge in [0.1, 0.15) is 11.3 Å². The topological polar surface area (TPSA) is 99.0 Å². The van der Waals surface area contributed by atoms with Crippen LogP contribution in [0.3, 0.4) is 0 Å². The molecule has 1 saturated carbocycles. The standard InChI is InChI=1S/C27H33N5O3/c33-23(17-31-13-12-19-6-4-5-7-20(19)15-31)14-28-27(35)24-18-32-16-21(10-11-25(32)30-24)26(34)29-22-8-2-1-3-9-22/h4-7,10-11,16,18,22-23,33H,1-3,8-9,12-15,17H2,(H,28,35)(H,29,34). The fourth-order valence-corrected chi connectivity index (χ4v) is 5.12. The van der Waals surface area contributed by atoms with Gasteiger partial charge in [-0.25, -0.2) is 4.98 Å². The molecule has 1 aliphatic carbocycles. The minimum atomic E-state index is -0.670. The summed E-state index contributed by atoms with van der Waals surface area (Å²) in [6, 6.07) is 12.1. The van der Waals surface area contributed by atoms with Gasteiger partial charge >= 0.3 is 0 Å². The molecule has 184 valence electrons. The fraction of sp³-hybridized carbons (Fsp3) is 0.444. The molecule has 1 aromatic carbocycles. The van der Waals surface area contributed by atoms with E-state index in [4.69, 9.17) is 0 Å². The van der Waals surface area contributed by atoms with Crippen molar-refractivity contribution < 1.29 is 14.7 Å². The molecule has 3 aromatic rings. The maximum absolute atomic E-state index is 12.7. The van der Waals surface area contributed by atoms with Crippen molar-refractivity contribution in [3.8, 4) is 0 Å². The summed E-state index contributed by atoms with van der Waals surface area (Å²) in [6.07, 6.45) is 9.24. The summed E-state index contributed by atoms with van der Waals surface area (Å²) in [5.74, 6) is -0.438. The lowest BCUT2D eigenvalue weighted by Crippen LogP contribution is -2.42. The normalized spacial score (nSPS) is 17.6. The van der Waals surface area contributed by atoms with E-state index in [1.807, 2.05) is 6.07 Å². The summed E-state index contributed by atoms with van der Waals surface area (Å²) in [5, 5.41) is 16.4. The smallest absolute Gasteiger partial charge is 0.271 e. The number of aliphatic hydroxyl groups excluding tert-OH is 1. The van der Waals surface area contributed by atoms with Crippen LogP contribution in [0, 0.1) is 0 Å². The average Bonchev–Trinajstić information content (AvgIpc) is 3.31. The van der Waals surface area contributed by atoms with Gasteiger partial charge in [-0.15, -0.1) is 0 Å². The van der Waals surface area contributed by atoms with Crippen LogP contribution in [0.4, 0.5) is 0 Å². The number of aromatic nitrogens is 2. The number of fused-ring (bicyclic) bond motifs is 2. The summed E-state index contributed by atoms with van der Waals surface area (Å²) >= 11 is 0. The van der Waals surface area contributed by atoms with Gasteiger partial charge in [0, 0.05) is 44.6 Å². The Morgan fingerprint density at radius 3 is 2.66 bits per heavy atom. The number of hydrogen-bond acceptors (Lipinski definition) is 5. The zero-order chi connectivity index (χ0) is 24.2. The highest BCUT2D eigenvalue weighted by atomic mass is 16.3. The van der Waals surface area contributed by atoms with Crippen molar-refractivity contribution in [2.24, 2.45) is 0 Å². The van der Waals surface area contributed by atoms with Crippen LogP contribution in [-0.4, -0.2) is 63.0 Å². The van der Waals surface area contributed by atoms with E-state index >= 15 is 0 Å². The number of pyridine rings is 1. The first-order valence-corrected chi connectivity index (χ1v) is 12.6. The minimum Gasteiger partial charge on any atom is -0.390 e. The number of rotatable bonds is 7. The van der Waals surface area contributed by atoms with Crippen molar-refractivity contribution in [3.05, 3.63) is 71.2 Å². The van der Waals surface area contributed by atoms with E-state index in [0.717, 1.165) is 45.2 Å². The molecule has 1 fully saturated rings. The monoisotopic (exact) mass is 475 g/mol. The van der Waals surface area contributed by atoms with Crippen molar-refractivity contribution in [3.63, 3.8) is 0 Å². The summed E-state index contributed by atoms with van der Waals surface area (Å²) in [4.78, 5) is 31.9. The van der Waals surface area contributed by atoms with E-state index in [0.29, 0.717) is 17.8 Å². The Morgan fingerprint density at radius 2 is 1.83 bits per heavy atom. The molecule has 0 bridgehead atoms. The Labute approximate surface area is 205 Å². The molecule has 8 nitrogen and oxygen atoms in total. The lowest BCUT2D eigenvalue weighted by atomic mass is 9.95. The highest BCUT2D eigenvalue weighted by Crippen LogP contribution is 2.19. The Morgan fingerprint density at radius 1 is 1.03 bits per heavy atom. The molecule has 2 aromatic heterocycles. The molecule has 3 N–H and O–H groups in total. The van der Waals surface area contributed by atoms with E-state index in [1.54, 1.807) is 28.9 Å². The van der Waals surface area contributed by atoms with Crippen LogP contribution in [0.15, 0.2) is 48.8 Å².